The Balaban J connectivity index is 3.40. The zero-order chi connectivity index (χ0) is 13.9. The first kappa shape index (κ1) is 13.8. The molecule has 18 heavy (non-hydrogen) atoms. The van der Waals surface area contributed by atoms with Crippen molar-refractivity contribution in [3.05, 3.63) is 39.4 Å². The van der Waals surface area contributed by atoms with E-state index >= 15 is 0 Å². The van der Waals surface area contributed by atoms with Crippen LogP contribution in [-0.2, 0) is 4.84 Å². The number of nitrogens with two attached hydrogens (primary N) is 1. The number of nitro benzene ring substituents is 1. The zero-order valence-corrected chi connectivity index (χ0v) is 9.88. The third kappa shape index (κ3) is 2.69. The van der Waals surface area contributed by atoms with Gasteiger partial charge in [-0.25, -0.2) is 4.79 Å². The van der Waals surface area contributed by atoms with Crippen LogP contribution in [0.15, 0.2) is 18.2 Å². The highest BCUT2D eigenvalue weighted by Crippen LogP contribution is 2.21. The first-order valence-electron chi connectivity index (χ1n) is 5.12. The maximum atomic E-state index is 11.9. The average molecular weight is 252 g/mol. The predicted octanol–water partition coefficient (Wildman–Crippen LogP) is 1.46. The van der Waals surface area contributed by atoms with E-state index in [-0.39, 0.29) is 22.6 Å². The monoisotopic (exact) mass is 252 g/mol. The van der Waals surface area contributed by atoms with Crippen LogP contribution in [0.3, 0.4) is 0 Å². The highest BCUT2D eigenvalue weighted by atomic mass is 16.7. The van der Waals surface area contributed by atoms with Gasteiger partial charge in [0.2, 0.25) is 0 Å². The lowest BCUT2D eigenvalue weighted by Gasteiger charge is -2.08. The van der Waals surface area contributed by atoms with E-state index in [2.05, 4.69) is 4.84 Å². The van der Waals surface area contributed by atoms with Gasteiger partial charge < -0.3 is 4.84 Å². The molecule has 96 valence electrons. The Kier molecular flexibility index (Phi) is 4.11. The average Bonchev–Trinajstić information content (AvgIpc) is 2.35. The lowest BCUT2D eigenvalue weighted by atomic mass is 9.96. The zero-order valence-electron chi connectivity index (χ0n) is 9.88. The molecule has 1 rings (SSSR count). The molecule has 0 aliphatic rings. The quantitative estimate of drug-likeness (QED) is 0.493. The van der Waals surface area contributed by atoms with Crippen molar-refractivity contribution in [1.29, 1.82) is 0 Å². The van der Waals surface area contributed by atoms with E-state index in [1.54, 1.807) is 13.8 Å². The highest BCUT2D eigenvalue weighted by Gasteiger charge is 2.23. The van der Waals surface area contributed by atoms with Crippen LogP contribution < -0.4 is 5.90 Å². The molecule has 0 heterocycles. The van der Waals surface area contributed by atoms with Crippen molar-refractivity contribution in [3.8, 4) is 0 Å². The molecular weight excluding hydrogens is 240 g/mol. The van der Waals surface area contributed by atoms with Crippen LogP contribution in [0.1, 0.15) is 34.6 Å². The van der Waals surface area contributed by atoms with Crippen molar-refractivity contribution in [2.75, 3.05) is 0 Å². The summed E-state index contributed by atoms with van der Waals surface area (Å²) < 4.78 is 0. The molecule has 0 radical (unpaired) electrons. The van der Waals surface area contributed by atoms with Gasteiger partial charge in [0.05, 0.1) is 10.5 Å². The summed E-state index contributed by atoms with van der Waals surface area (Å²) in [4.78, 5) is 37.3. The van der Waals surface area contributed by atoms with Crippen LogP contribution in [0.4, 0.5) is 5.69 Å². The molecule has 1 aromatic carbocycles. The molecule has 0 aliphatic heterocycles. The maximum Gasteiger partial charge on any atom is 0.357 e. The number of carbonyl (C=O) groups is 2. The van der Waals surface area contributed by atoms with Gasteiger partial charge in [0.25, 0.3) is 5.69 Å². The minimum absolute atomic E-state index is 0.0605. The van der Waals surface area contributed by atoms with Gasteiger partial charge in [-0.05, 0) is 6.07 Å². The van der Waals surface area contributed by atoms with E-state index in [0.29, 0.717) is 0 Å². The molecule has 0 amide bonds. The first-order chi connectivity index (χ1) is 8.38. The second-order valence-corrected chi connectivity index (χ2v) is 3.91. The minimum atomic E-state index is -0.908. The molecule has 0 aromatic heterocycles. The van der Waals surface area contributed by atoms with Crippen LogP contribution in [0.25, 0.3) is 0 Å². The largest absolute Gasteiger partial charge is 0.370 e. The molecule has 7 nitrogen and oxygen atoms in total. The summed E-state index contributed by atoms with van der Waals surface area (Å²) in [5.74, 6) is 3.05. The number of rotatable bonds is 4. The number of hydrogen-bond acceptors (Lipinski definition) is 6. The number of non-ortho nitro benzene ring substituents is 1. The third-order valence-electron chi connectivity index (χ3n) is 2.33. The van der Waals surface area contributed by atoms with Gasteiger partial charge in [-0.2, -0.15) is 5.90 Å². The van der Waals surface area contributed by atoms with E-state index in [1.807, 2.05) is 0 Å². The van der Waals surface area contributed by atoms with Gasteiger partial charge in [0, 0.05) is 23.6 Å². The van der Waals surface area contributed by atoms with Crippen molar-refractivity contribution in [2.45, 2.75) is 13.8 Å². The van der Waals surface area contributed by atoms with Crippen molar-refractivity contribution < 1.29 is 19.3 Å². The van der Waals surface area contributed by atoms with E-state index in [9.17, 15) is 19.7 Å². The molecule has 0 fully saturated rings. The summed E-state index contributed by atoms with van der Waals surface area (Å²) in [7, 11) is 0. The fourth-order valence-corrected chi connectivity index (χ4v) is 1.40. The van der Waals surface area contributed by atoms with Gasteiger partial charge in [0.15, 0.2) is 5.78 Å². The Morgan fingerprint density at radius 2 is 1.94 bits per heavy atom. The summed E-state index contributed by atoms with van der Waals surface area (Å²) in [6.07, 6.45) is 0. The molecule has 0 bridgehead atoms. The lowest BCUT2D eigenvalue weighted by molar-refractivity contribution is -0.384. The predicted molar refractivity (Wildman–Crippen MR) is 61.9 cm³/mol. The van der Waals surface area contributed by atoms with Crippen molar-refractivity contribution in [3.63, 3.8) is 0 Å². The van der Waals surface area contributed by atoms with Crippen LogP contribution >= 0.6 is 0 Å². The summed E-state index contributed by atoms with van der Waals surface area (Å²) in [6.45, 7) is 3.25. The number of nitro groups is 1. The molecule has 7 heteroatoms. The molecule has 0 saturated heterocycles. The number of Topliss-reactive ketones (excluding diaryl/α,β-unsaturated/α-hetero) is 1. The van der Waals surface area contributed by atoms with Crippen molar-refractivity contribution >= 4 is 17.4 Å². The van der Waals surface area contributed by atoms with Gasteiger partial charge >= 0.3 is 5.97 Å². The van der Waals surface area contributed by atoms with Crippen LogP contribution in [-0.4, -0.2) is 16.7 Å². The SMILES string of the molecule is CC(C)C(=O)c1cc([N+](=O)[O-])ccc1C(=O)ON. The van der Waals surface area contributed by atoms with E-state index < -0.39 is 16.8 Å². The van der Waals surface area contributed by atoms with Gasteiger partial charge in [0.1, 0.15) is 0 Å². The van der Waals surface area contributed by atoms with Crippen LogP contribution in [0.2, 0.25) is 0 Å². The Hall–Kier alpha value is -2.28. The van der Waals surface area contributed by atoms with Crippen molar-refractivity contribution in [2.24, 2.45) is 11.8 Å². The summed E-state index contributed by atoms with van der Waals surface area (Å²) in [5, 5.41) is 10.6. The normalized spacial score (nSPS) is 10.2. The lowest BCUT2D eigenvalue weighted by Crippen LogP contribution is -2.17. The molecular formula is C11H12N2O5. The fourth-order valence-electron chi connectivity index (χ4n) is 1.40. The van der Waals surface area contributed by atoms with Crippen molar-refractivity contribution in [1.82, 2.24) is 0 Å². The standard InChI is InChI=1S/C11H12N2O5/c1-6(2)10(14)9-5-7(13(16)17)3-4-8(9)11(15)18-12/h3-6H,12H2,1-2H3. The third-order valence-corrected chi connectivity index (χ3v) is 2.33. The number of hydrogen-bond donors (Lipinski definition) is 1. The second kappa shape index (κ2) is 5.37. The molecule has 0 saturated carbocycles. The van der Waals surface area contributed by atoms with Gasteiger partial charge in [-0.3, -0.25) is 14.9 Å². The molecule has 0 atom stereocenters. The summed E-state index contributed by atoms with van der Waals surface area (Å²) in [6, 6.07) is 3.32. The topological polar surface area (TPSA) is 113 Å². The molecule has 0 spiro atoms. The number of benzene rings is 1. The van der Waals surface area contributed by atoms with Gasteiger partial charge in [-0.1, -0.05) is 13.8 Å². The number of carbonyl (C=O) groups excluding carboxylic acids is 2. The molecule has 1 aromatic rings. The van der Waals surface area contributed by atoms with E-state index in [0.717, 1.165) is 18.2 Å². The Morgan fingerprint density at radius 1 is 1.33 bits per heavy atom. The van der Waals surface area contributed by atoms with Gasteiger partial charge in [-0.15, -0.1) is 0 Å². The maximum absolute atomic E-state index is 11.9. The van der Waals surface area contributed by atoms with Crippen LogP contribution in [0, 0.1) is 16.0 Å². The van der Waals surface area contributed by atoms with E-state index in [1.165, 1.54) is 0 Å². The Morgan fingerprint density at radius 3 is 2.39 bits per heavy atom. The molecule has 0 unspecified atom stereocenters. The first-order valence-corrected chi connectivity index (χ1v) is 5.12. The number of nitrogens with zero attached hydrogens (tertiary/aromatic N) is 1. The minimum Gasteiger partial charge on any atom is -0.370 e. The highest BCUT2D eigenvalue weighted by molar-refractivity contribution is 6.07. The Labute approximate surface area is 103 Å². The van der Waals surface area contributed by atoms with Crippen LogP contribution in [0.5, 0.6) is 0 Å². The molecule has 0 aliphatic carbocycles. The second-order valence-electron chi connectivity index (χ2n) is 3.91. The van der Waals surface area contributed by atoms with E-state index in [4.69, 9.17) is 5.90 Å². The summed E-state index contributed by atoms with van der Waals surface area (Å²) >= 11 is 0. The number of ketones is 1. The molecule has 2 N–H and O–H groups in total. The summed E-state index contributed by atoms with van der Waals surface area (Å²) in [5.41, 5.74) is -0.413. The smallest absolute Gasteiger partial charge is 0.357 e. The fraction of sp³-hybridized carbons (Fsp3) is 0.273. The Bertz CT molecular complexity index is 510.